The van der Waals surface area contributed by atoms with Crippen LogP contribution in [0.15, 0.2) is 65.9 Å². The maximum absolute atomic E-state index is 13.0. The molecule has 1 heterocycles. The molecular weight excluding hydrogens is 404 g/mol. The molecule has 4 rings (SSSR count). The Labute approximate surface area is 189 Å². The minimum atomic E-state index is -0.564. The van der Waals surface area contributed by atoms with Crippen molar-refractivity contribution < 1.29 is 19.1 Å². The summed E-state index contributed by atoms with van der Waals surface area (Å²) in [6.07, 6.45) is 5.87. The SMILES string of the molecule is CC1=C(C(=O)OCC2CCCCC2)C(c2ccc(OCc3ccccc3)cc2)NC(=O)N1. The zero-order valence-corrected chi connectivity index (χ0v) is 18.4. The normalized spacial score (nSPS) is 19.2. The molecule has 2 N–H and O–H groups in total. The predicted molar refractivity (Wildman–Crippen MR) is 122 cm³/mol. The second kappa shape index (κ2) is 10.4. The van der Waals surface area contributed by atoms with E-state index in [0.29, 0.717) is 30.4 Å². The van der Waals surface area contributed by atoms with Crippen LogP contribution in [0.25, 0.3) is 0 Å². The second-order valence-electron chi connectivity index (χ2n) is 8.52. The fourth-order valence-electron chi connectivity index (χ4n) is 4.34. The Morgan fingerprint density at radius 2 is 1.72 bits per heavy atom. The third kappa shape index (κ3) is 5.49. The fourth-order valence-corrected chi connectivity index (χ4v) is 4.34. The minimum Gasteiger partial charge on any atom is -0.489 e. The summed E-state index contributed by atoms with van der Waals surface area (Å²) in [6.45, 7) is 2.64. The van der Waals surface area contributed by atoms with Crippen LogP contribution in [-0.2, 0) is 16.1 Å². The number of benzene rings is 2. The zero-order chi connectivity index (χ0) is 22.3. The van der Waals surface area contributed by atoms with Gasteiger partial charge in [-0.3, -0.25) is 0 Å². The van der Waals surface area contributed by atoms with Crippen LogP contribution in [0.5, 0.6) is 5.75 Å². The third-order valence-corrected chi connectivity index (χ3v) is 6.13. The van der Waals surface area contributed by atoms with E-state index >= 15 is 0 Å². The first-order valence-electron chi connectivity index (χ1n) is 11.3. The molecule has 1 fully saturated rings. The zero-order valence-electron chi connectivity index (χ0n) is 18.4. The lowest BCUT2D eigenvalue weighted by atomic mass is 9.90. The summed E-state index contributed by atoms with van der Waals surface area (Å²) in [4.78, 5) is 25.1. The van der Waals surface area contributed by atoms with E-state index in [1.807, 2.05) is 54.6 Å². The van der Waals surface area contributed by atoms with Gasteiger partial charge in [-0.25, -0.2) is 9.59 Å². The highest BCUT2D eigenvalue weighted by Crippen LogP contribution is 2.30. The molecule has 6 heteroatoms. The van der Waals surface area contributed by atoms with Gasteiger partial charge in [0.15, 0.2) is 0 Å². The predicted octanol–water partition coefficient (Wildman–Crippen LogP) is 5.02. The van der Waals surface area contributed by atoms with Gasteiger partial charge in [0.1, 0.15) is 12.4 Å². The molecule has 2 aliphatic rings. The lowest BCUT2D eigenvalue weighted by Gasteiger charge is -2.29. The summed E-state index contributed by atoms with van der Waals surface area (Å²) in [7, 11) is 0. The maximum atomic E-state index is 13.0. The number of urea groups is 1. The van der Waals surface area contributed by atoms with E-state index in [0.717, 1.165) is 29.7 Å². The maximum Gasteiger partial charge on any atom is 0.338 e. The van der Waals surface area contributed by atoms with Crippen molar-refractivity contribution in [2.45, 2.75) is 51.7 Å². The molecule has 2 aromatic carbocycles. The van der Waals surface area contributed by atoms with Crippen LogP contribution in [0.1, 0.15) is 56.2 Å². The van der Waals surface area contributed by atoms with Crippen LogP contribution in [-0.4, -0.2) is 18.6 Å². The van der Waals surface area contributed by atoms with E-state index in [2.05, 4.69) is 10.6 Å². The first-order chi connectivity index (χ1) is 15.6. The summed E-state index contributed by atoms with van der Waals surface area (Å²) < 4.78 is 11.5. The summed E-state index contributed by atoms with van der Waals surface area (Å²) in [5.74, 6) is 0.772. The Morgan fingerprint density at radius 3 is 2.44 bits per heavy atom. The Morgan fingerprint density at radius 1 is 1.00 bits per heavy atom. The number of rotatable bonds is 7. The van der Waals surface area contributed by atoms with Gasteiger partial charge in [0.25, 0.3) is 0 Å². The molecule has 2 aromatic rings. The van der Waals surface area contributed by atoms with Crippen molar-refractivity contribution in [3.63, 3.8) is 0 Å². The molecule has 2 amide bonds. The van der Waals surface area contributed by atoms with Crippen LogP contribution in [0, 0.1) is 5.92 Å². The van der Waals surface area contributed by atoms with Gasteiger partial charge in [0.2, 0.25) is 0 Å². The number of ether oxygens (including phenoxy) is 2. The van der Waals surface area contributed by atoms with Crippen LogP contribution in [0.4, 0.5) is 4.79 Å². The topological polar surface area (TPSA) is 76.7 Å². The monoisotopic (exact) mass is 434 g/mol. The quantitative estimate of drug-likeness (QED) is 0.600. The van der Waals surface area contributed by atoms with Crippen LogP contribution >= 0.6 is 0 Å². The summed E-state index contributed by atoms with van der Waals surface area (Å²) in [6, 6.07) is 16.5. The summed E-state index contributed by atoms with van der Waals surface area (Å²) in [5.41, 5.74) is 2.86. The second-order valence-corrected chi connectivity index (χ2v) is 8.52. The van der Waals surface area contributed by atoms with Crippen molar-refractivity contribution in [1.29, 1.82) is 0 Å². The number of amides is 2. The van der Waals surface area contributed by atoms with Gasteiger partial charge in [-0.15, -0.1) is 0 Å². The first-order valence-corrected chi connectivity index (χ1v) is 11.3. The molecule has 1 atom stereocenters. The van der Waals surface area contributed by atoms with Crippen LogP contribution in [0.2, 0.25) is 0 Å². The highest BCUT2D eigenvalue weighted by Gasteiger charge is 2.32. The van der Waals surface area contributed by atoms with E-state index in [4.69, 9.17) is 9.47 Å². The number of allylic oxidation sites excluding steroid dienone is 1. The van der Waals surface area contributed by atoms with Crippen molar-refractivity contribution >= 4 is 12.0 Å². The van der Waals surface area contributed by atoms with Crippen molar-refractivity contribution in [3.8, 4) is 5.75 Å². The molecule has 1 aliphatic heterocycles. The molecule has 6 nitrogen and oxygen atoms in total. The Balaban J connectivity index is 1.44. The van der Waals surface area contributed by atoms with Gasteiger partial charge < -0.3 is 20.1 Å². The van der Waals surface area contributed by atoms with Gasteiger partial charge >= 0.3 is 12.0 Å². The molecule has 0 spiro atoms. The summed E-state index contributed by atoms with van der Waals surface area (Å²) >= 11 is 0. The van der Waals surface area contributed by atoms with Gasteiger partial charge in [-0.1, -0.05) is 61.7 Å². The van der Waals surface area contributed by atoms with Gasteiger partial charge in [-0.2, -0.15) is 0 Å². The summed E-state index contributed by atoms with van der Waals surface area (Å²) in [5, 5.41) is 5.56. The largest absolute Gasteiger partial charge is 0.489 e. The average molecular weight is 435 g/mol. The molecule has 0 saturated heterocycles. The molecule has 1 saturated carbocycles. The molecular formula is C26H30N2O4. The Hall–Kier alpha value is -3.28. The van der Waals surface area contributed by atoms with E-state index in [9.17, 15) is 9.59 Å². The van der Waals surface area contributed by atoms with E-state index in [1.165, 1.54) is 19.3 Å². The highest BCUT2D eigenvalue weighted by atomic mass is 16.5. The van der Waals surface area contributed by atoms with Crippen LogP contribution < -0.4 is 15.4 Å². The van der Waals surface area contributed by atoms with Gasteiger partial charge in [0.05, 0.1) is 18.2 Å². The smallest absolute Gasteiger partial charge is 0.338 e. The van der Waals surface area contributed by atoms with E-state index < -0.39 is 6.04 Å². The van der Waals surface area contributed by atoms with Crippen molar-refractivity contribution in [3.05, 3.63) is 77.0 Å². The highest BCUT2D eigenvalue weighted by molar-refractivity contribution is 5.95. The molecule has 32 heavy (non-hydrogen) atoms. The van der Waals surface area contributed by atoms with E-state index in [-0.39, 0.29) is 12.0 Å². The van der Waals surface area contributed by atoms with Crippen LogP contribution in [0.3, 0.4) is 0 Å². The lowest BCUT2D eigenvalue weighted by molar-refractivity contribution is -0.141. The van der Waals surface area contributed by atoms with E-state index in [1.54, 1.807) is 6.92 Å². The first kappa shape index (κ1) is 21.9. The molecule has 0 bridgehead atoms. The Kier molecular flexibility index (Phi) is 7.10. The van der Waals surface area contributed by atoms with Gasteiger partial charge in [0, 0.05) is 5.70 Å². The number of esters is 1. The molecule has 1 unspecified atom stereocenters. The minimum absolute atomic E-state index is 0.333. The number of carbonyl (C=O) groups is 2. The number of hydrogen-bond donors (Lipinski definition) is 2. The molecule has 1 aliphatic carbocycles. The lowest BCUT2D eigenvalue weighted by Crippen LogP contribution is -2.45. The average Bonchev–Trinajstić information content (AvgIpc) is 2.82. The molecule has 0 radical (unpaired) electrons. The van der Waals surface area contributed by atoms with Crippen molar-refractivity contribution in [2.24, 2.45) is 5.92 Å². The fraction of sp³-hybridized carbons (Fsp3) is 0.385. The molecule has 0 aromatic heterocycles. The van der Waals surface area contributed by atoms with Crippen molar-refractivity contribution in [1.82, 2.24) is 10.6 Å². The molecule has 168 valence electrons. The van der Waals surface area contributed by atoms with Crippen molar-refractivity contribution in [2.75, 3.05) is 6.61 Å². The number of carbonyl (C=O) groups excluding carboxylic acids is 2. The number of hydrogen-bond acceptors (Lipinski definition) is 4. The number of nitrogens with one attached hydrogen (secondary N) is 2. The van der Waals surface area contributed by atoms with Gasteiger partial charge in [-0.05, 0) is 48.9 Å². The third-order valence-electron chi connectivity index (χ3n) is 6.13. The Bertz CT molecular complexity index is 963. The standard InChI is InChI=1S/C26H30N2O4/c1-18-23(25(29)32-17-20-10-6-3-7-11-20)24(28-26(30)27-18)21-12-14-22(15-13-21)31-16-19-8-4-2-5-9-19/h2,4-5,8-9,12-15,20,24H,3,6-7,10-11,16-17H2,1H3,(H2,27,28,30).